The third-order valence-electron chi connectivity index (χ3n) is 12.6. The average molecular weight is 976 g/mol. The second kappa shape index (κ2) is 58.2. The van der Waals surface area contributed by atoms with Gasteiger partial charge in [0.05, 0.1) is 0 Å². The summed E-state index contributed by atoms with van der Waals surface area (Å²) in [6.45, 7) is 6.45. The number of hydrogen-bond acceptors (Lipinski definition) is 6. The minimum absolute atomic E-state index is 0.0794. The number of esters is 3. The number of hydrogen-bond donors (Lipinski definition) is 0. The van der Waals surface area contributed by atoms with Crippen LogP contribution in [0.2, 0.25) is 0 Å². The van der Waals surface area contributed by atoms with Crippen molar-refractivity contribution in [3.8, 4) is 0 Å². The van der Waals surface area contributed by atoms with Crippen molar-refractivity contribution in [2.75, 3.05) is 13.2 Å². The van der Waals surface area contributed by atoms with Gasteiger partial charge in [0.1, 0.15) is 13.2 Å². The number of allylic oxidation sites excluding steroid dienone is 14. The van der Waals surface area contributed by atoms with Gasteiger partial charge in [-0.15, -0.1) is 0 Å². The Labute approximate surface area is 433 Å². The van der Waals surface area contributed by atoms with E-state index in [1.807, 2.05) is 0 Å². The average Bonchev–Trinajstić information content (AvgIpc) is 3.36. The molecule has 0 heterocycles. The molecule has 0 aromatic heterocycles. The molecule has 0 aliphatic carbocycles. The summed E-state index contributed by atoms with van der Waals surface area (Å²) in [5.41, 5.74) is 0. The van der Waals surface area contributed by atoms with Gasteiger partial charge in [0.25, 0.3) is 0 Å². The smallest absolute Gasteiger partial charge is 0.306 e. The first-order chi connectivity index (χ1) is 34.5. The standard InChI is InChI=1S/C64H110O6/c1-4-7-10-13-16-19-22-24-25-26-27-28-29-30-31-32-33-34-35-36-37-38-39-41-42-45-48-51-54-57-63(66)69-60-61(59-68-62(65)56-53-50-47-44-21-18-15-12-9-6-3)70-64(67)58-55-52-49-46-43-40-23-20-17-14-11-8-5-2/h7,10-11,14,16,19-20,23-25,27-28,30-31,61H,4-6,8-9,12-13,15,17-18,21-22,26,29,32-60H2,1-3H3/b10-7-,14-11-,19-16-,23-20-,25-24-,28-27-,31-30-. The topological polar surface area (TPSA) is 78.9 Å². The van der Waals surface area contributed by atoms with Gasteiger partial charge < -0.3 is 14.2 Å². The molecule has 402 valence electrons. The highest BCUT2D eigenvalue weighted by atomic mass is 16.6. The highest BCUT2D eigenvalue weighted by Gasteiger charge is 2.19. The fraction of sp³-hybridized carbons (Fsp3) is 0.734. The number of carbonyl (C=O) groups excluding carboxylic acids is 3. The van der Waals surface area contributed by atoms with Gasteiger partial charge in [-0.05, 0) is 89.9 Å². The van der Waals surface area contributed by atoms with Crippen LogP contribution < -0.4 is 0 Å². The largest absolute Gasteiger partial charge is 0.462 e. The molecule has 0 saturated heterocycles. The van der Waals surface area contributed by atoms with Crippen molar-refractivity contribution >= 4 is 17.9 Å². The van der Waals surface area contributed by atoms with Crippen LogP contribution in [0.15, 0.2) is 85.1 Å². The first-order valence-electron chi connectivity index (χ1n) is 29.6. The Kier molecular flexibility index (Phi) is 55.3. The van der Waals surface area contributed by atoms with Crippen molar-refractivity contribution in [1.29, 1.82) is 0 Å². The summed E-state index contributed by atoms with van der Waals surface area (Å²) in [4.78, 5) is 38.0. The van der Waals surface area contributed by atoms with Crippen molar-refractivity contribution < 1.29 is 28.6 Å². The molecular weight excluding hydrogens is 865 g/mol. The lowest BCUT2D eigenvalue weighted by Gasteiger charge is -2.18. The summed E-state index contributed by atoms with van der Waals surface area (Å²) in [6, 6.07) is 0. The van der Waals surface area contributed by atoms with Crippen LogP contribution in [0.3, 0.4) is 0 Å². The molecule has 6 heteroatoms. The highest BCUT2D eigenvalue weighted by Crippen LogP contribution is 2.16. The molecule has 6 nitrogen and oxygen atoms in total. The zero-order valence-corrected chi connectivity index (χ0v) is 46.0. The van der Waals surface area contributed by atoms with Gasteiger partial charge in [0, 0.05) is 19.3 Å². The molecule has 0 bridgehead atoms. The van der Waals surface area contributed by atoms with E-state index in [2.05, 4.69) is 106 Å². The predicted molar refractivity (Wildman–Crippen MR) is 302 cm³/mol. The second-order valence-corrected chi connectivity index (χ2v) is 19.5. The third-order valence-corrected chi connectivity index (χ3v) is 12.6. The second-order valence-electron chi connectivity index (χ2n) is 19.5. The minimum Gasteiger partial charge on any atom is -0.462 e. The molecule has 70 heavy (non-hydrogen) atoms. The summed E-state index contributed by atoms with van der Waals surface area (Å²) in [5, 5.41) is 0. The van der Waals surface area contributed by atoms with Crippen LogP contribution in [0.4, 0.5) is 0 Å². The molecule has 1 unspecified atom stereocenters. The molecule has 0 aromatic carbocycles. The summed E-state index contributed by atoms with van der Waals surface area (Å²) in [5.74, 6) is -0.890. The lowest BCUT2D eigenvalue weighted by Crippen LogP contribution is -2.30. The molecule has 0 amide bonds. The quantitative estimate of drug-likeness (QED) is 0.0261. The van der Waals surface area contributed by atoms with Crippen LogP contribution in [0.1, 0.15) is 284 Å². The van der Waals surface area contributed by atoms with Crippen molar-refractivity contribution in [3.05, 3.63) is 85.1 Å². The van der Waals surface area contributed by atoms with Crippen molar-refractivity contribution in [3.63, 3.8) is 0 Å². The summed E-state index contributed by atoms with van der Waals surface area (Å²) < 4.78 is 16.8. The molecule has 0 aliphatic heterocycles. The van der Waals surface area contributed by atoms with E-state index in [-0.39, 0.29) is 31.1 Å². The molecule has 0 rings (SSSR count). The number of rotatable bonds is 53. The van der Waals surface area contributed by atoms with E-state index in [0.717, 1.165) is 122 Å². The van der Waals surface area contributed by atoms with Crippen molar-refractivity contribution in [1.82, 2.24) is 0 Å². The van der Waals surface area contributed by atoms with Crippen LogP contribution in [0.5, 0.6) is 0 Å². The maximum Gasteiger partial charge on any atom is 0.306 e. The van der Waals surface area contributed by atoms with E-state index in [4.69, 9.17) is 14.2 Å². The maximum atomic E-state index is 12.8. The first-order valence-corrected chi connectivity index (χ1v) is 29.6. The molecule has 0 radical (unpaired) electrons. The zero-order valence-electron chi connectivity index (χ0n) is 46.0. The van der Waals surface area contributed by atoms with Crippen LogP contribution in [0.25, 0.3) is 0 Å². The molecule has 0 aliphatic rings. The van der Waals surface area contributed by atoms with E-state index >= 15 is 0 Å². The Morgan fingerprint density at radius 2 is 0.586 bits per heavy atom. The normalized spacial score (nSPS) is 12.7. The summed E-state index contributed by atoms with van der Waals surface area (Å²) in [7, 11) is 0. The summed E-state index contributed by atoms with van der Waals surface area (Å²) >= 11 is 0. The fourth-order valence-electron chi connectivity index (χ4n) is 8.21. The lowest BCUT2D eigenvalue weighted by molar-refractivity contribution is -0.167. The molecule has 0 fully saturated rings. The minimum atomic E-state index is -0.781. The zero-order chi connectivity index (χ0) is 50.7. The van der Waals surface area contributed by atoms with Gasteiger partial charge in [-0.25, -0.2) is 0 Å². The van der Waals surface area contributed by atoms with Gasteiger partial charge in [0.2, 0.25) is 0 Å². The number of ether oxygens (including phenoxy) is 3. The van der Waals surface area contributed by atoms with Gasteiger partial charge >= 0.3 is 17.9 Å². The van der Waals surface area contributed by atoms with Gasteiger partial charge in [-0.1, -0.05) is 260 Å². The number of unbranched alkanes of at least 4 members (excludes halogenated alkanes) is 28. The van der Waals surface area contributed by atoms with Crippen molar-refractivity contribution in [2.24, 2.45) is 0 Å². The van der Waals surface area contributed by atoms with Crippen LogP contribution in [-0.2, 0) is 28.6 Å². The van der Waals surface area contributed by atoms with Gasteiger partial charge in [-0.2, -0.15) is 0 Å². The Balaban J connectivity index is 4.16. The molecular formula is C64H110O6. The third kappa shape index (κ3) is 55.5. The highest BCUT2D eigenvalue weighted by molar-refractivity contribution is 5.71. The Bertz CT molecular complexity index is 1350. The molecule has 0 N–H and O–H groups in total. The first kappa shape index (κ1) is 66.6. The van der Waals surface area contributed by atoms with Gasteiger partial charge in [0.15, 0.2) is 6.10 Å². The monoisotopic (exact) mass is 975 g/mol. The number of carbonyl (C=O) groups is 3. The van der Waals surface area contributed by atoms with E-state index in [0.29, 0.717) is 19.3 Å². The lowest BCUT2D eigenvalue weighted by atomic mass is 10.0. The van der Waals surface area contributed by atoms with Crippen molar-refractivity contribution in [2.45, 2.75) is 290 Å². The molecule has 0 saturated carbocycles. The molecule has 0 aromatic rings. The van der Waals surface area contributed by atoms with E-state index < -0.39 is 6.10 Å². The Morgan fingerprint density at radius 1 is 0.300 bits per heavy atom. The van der Waals surface area contributed by atoms with E-state index in [1.165, 1.54) is 122 Å². The summed E-state index contributed by atoms with van der Waals surface area (Å²) in [6.07, 6.45) is 75.9. The molecule has 0 spiro atoms. The Morgan fingerprint density at radius 3 is 0.929 bits per heavy atom. The maximum absolute atomic E-state index is 12.8. The SMILES string of the molecule is CC/C=C\C/C=C\C/C=C\C/C=C\C/C=C\CCCCCCCCCCCCCCCC(=O)OCC(COC(=O)CCCCCCCCCCCC)OC(=O)CCCCCCC/C=C\C/C=C\CCC. The predicted octanol–water partition coefficient (Wildman–Crippen LogP) is 19.9. The Hall–Kier alpha value is -3.41. The van der Waals surface area contributed by atoms with E-state index in [1.54, 1.807) is 0 Å². The molecule has 1 atom stereocenters. The fourth-order valence-corrected chi connectivity index (χ4v) is 8.21. The van der Waals surface area contributed by atoms with Crippen LogP contribution >= 0.6 is 0 Å². The van der Waals surface area contributed by atoms with Gasteiger partial charge in [-0.3, -0.25) is 14.4 Å². The van der Waals surface area contributed by atoms with Crippen LogP contribution in [0, 0.1) is 0 Å². The van der Waals surface area contributed by atoms with E-state index in [9.17, 15) is 14.4 Å². The van der Waals surface area contributed by atoms with Crippen LogP contribution in [-0.4, -0.2) is 37.2 Å².